The van der Waals surface area contributed by atoms with Crippen molar-refractivity contribution in [3.8, 4) is 0 Å². The SMILES string of the molecule is Nc1cccc(C(=O)N2CCN(c3ccccc3)CC2)n1. The molecule has 0 bridgehead atoms. The Morgan fingerprint density at radius 2 is 1.67 bits per heavy atom. The van der Waals surface area contributed by atoms with Gasteiger partial charge in [-0.05, 0) is 24.3 Å². The minimum absolute atomic E-state index is 0.0463. The average Bonchev–Trinajstić information content (AvgIpc) is 2.55. The van der Waals surface area contributed by atoms with Crippen molar-refractivity contribution in [3.05, 3.63) is 54.2 Å². The minimum atomic E-state index is -0.0463. The Morgan fingerprint density at radius 3 is 2.33 bits per heavy atom. The summed E-state index contributed by atoms with van der Waals surface area (Å²) in [5.74, 6) is 0.332. The molecule has 1 aliphatic rings. The maximum atomic E-state index is 12.4. The van der Waals surface area contributed by atoms with Crippen molar-refractivity contribution in [1.29, 1.82) is 0 Å². The maximum Gasteiger partial charge on any atom is 0.272 e. The van der Waals surface area contributed by atoms with Crippen LogP contribution < -0.4 is 10.6 Å². The summed E-state index contributed by atoms with van der Waals surface area (Å²) < 4.78 is 0. The molecule has 0 saturated carbocycles. The van der Waals surface area contributed by atoms with Gasteiger partial charge in [0.2, 0.25) is 0 Å². The molecule has 1 aromatic heterocycles. The van der Waals surface area contributed by atoms with Gasteiger partial charge in [-0.25, -0.2) is 4.98 Å². The number of hydrogen-bond acceptors (Lipinski definition) is 4. The third-order valence-corrected chi connectivity index (χ3v) is 3.68. The summed E-state index contributed by atoms with van der Waals surface area (Å²) in [6.45, 7) is 3.06. The number of para-hydroxylation sites is 1. The maximum absolute atomic E-state index is 12.4. The molecule has 0 unspecified atom stereocenters. The highest BCUT2D eigenvalue weighted by molar-refractivity contribution is 5.92. The van der Waals surface area contributed by atoms with Crippen LogP contribution >= 0.6 is 0 Å². The Bertz CT molecular complexity index is 621. The number of piperazine rings is 1. The van der Waals surface area contributed by atoms with Crippen molar-refractivity contribution in [2.75, 3.05) is 36.8 Å². The molecule has 2 N–H and O–H groups in total. The number of carbonyl (C=O) groups excluding carboxylic acids is 1. The Morgan fingerprint density at radius 1 is 0.952 bits per heavy atom. The van der Waals surface area contributed by atoms with E-state index < -0.39 is 0 Å². The molecule has 1 fully saturated rings. The molecule has 5 heteroatoms. The van der Waals surface area contributed by atoms with Crippen LogP contribution in [0.3, 0.4) is 0 Å². The summed E-state index contributed by atoms with van der Waals surface area (Å²) in [7, 11) is 0. The van der Waals surface area contributed by atoms with Gasteiger partial charge in [-0.2, -0.15) is 0 Å². The van der Waals surface area contributed by atoms with Crippen LogP contribution in [0.5, 0.6) is 0 Å². The minimum Gasteiger partial charge on any atom is -0.384 e. The van der Waals surface area contributed by atoms with Crippen molar-refractivity contribution in [2.24, 2.45) is 0 Å². The first-order chi connectivity index (χ1) is 10.2. The van der Waals surface area contributed by atoms with Gasteiger partial charge in [0.1, 0.15) is 11.5 Å². The number of nitrogen functional groups attached to an aromatic ring is 1. The number of anilines is 2. The summed E-state index contributed by atoms with van der Waals surface area (Å²) in [5, 5.41) is 0. The lowest BCUT2D eigenvalue weighted by molar-refractivity contribution is 0.0741. The second-order valence-corrected chi connectivity index (χ2v) is 5.06. The third-order valence-electron chi connectivity index (χ3n) is 3.68. The van der Waals surface area contributed by atoms with E-state index in [4.69, 9.17) is 5.73 Å². The summed E-state index contributed by atoms with van der Waals surface area (Å²) in [6.07, 6.45) is 0. The van der Waals surface area contributed by atoms with Gasteiger partial charge in [0.15, 0.2) is 0 Å². The molecule has 0 radical (unpaired) electrons. The summed E-state index contributed by atoms with van der Waals surface area (Å²) in [5.41, 5.74) is 7.25. The normalized spacial score (nSPS) is 15.0. The number of nitrogens with zero attached hydrogens (tertiary/aromatic N) is 3. The first kappa shape index (κ1) is 13.4. The molecule has 0 atom stereocenters. The highest BCUT2D eigenvalue weighted by Gasteiger charge is 2.23. The van der Waals surface area contributed by atoms with Gasteiger partial charge < -0.3 is 15.5 Å². The second-order valence-electron chi connectivity index (χ2n) is 5.06. The molecule has 1 amide bonds. The van der Waals surface area contributed by atoms with E-state index in [0.29, 0.717) is 24.6 Å². The van der Waals surface area contributed by atoms with Crippen molar-refractivity contribution in [2.45, 2.75) is 0 Å². The molecule has 108 valence electrons. The zero-order chi connectivity index (χ0) is 14.7. The molecule has 0 spiro atoms. The number of aromatic nitrogens is 1. The molecule has 1 aliphatic heterocycles. The van der Waals surface area contributed by atoms with Crippen molar-refractivity contribution in [1.82, 2.24) is 9.88 Å². The summed E-state index contributed by atoms with van der Waals surface area (Å²) in [6, 6.07) is 15.4. The predicted octanol–water partition coefficient (Wildman–Crippen LogP) is 1.63. The van der Waals surface area contributed by atoms with Crippen LogP contribution in [0.1, 0.15) is 10.5 Å². The van der Waals surface area contributed by atoms with Crippen molar-refractivity contribution >= 4 is 17.4 Å². The Hall–Kier alpha value is -2.56. The lowest BCUT2D eigenvalue weighted by Gasteiger charge is -2.36. The number of hydrogen-bond donors (Lipinski definition) is 1. The number of rotatable bonds is 2. The molecular formula is C16H18N4O. The van der Waals surface area contributed by atoms with Crippen LogP contribution in [0.4, 0.5) is 11.5 Å². The van der Waals surface area contributed by atoms with Gasteiger partial charge in [-0.15, -0.1) is 0 Å². The molecule has 1 aromatic carbocycles. The van der Waals surface area contributed by atoms with E-state index in [2.05, 4.69) is 22.0 Å². The number of nitrogens with two attached hydrogens (primary N) is 1. The van der Waals surface area contributed by atoms with Gasteiger partial charge in [0.25, 0.3) is 5.91 Å². The molecule has 2 aromatic rings. The second kappa shape index (κ2) is 5.83. The van der Waals surface area contributed by atoms with E-state index in [0.717, 1.165) is 13.1 Å². The first-order valence-corrected chi connectivity index (χ1v) is 7.06. The fourth-order valence-electron chi connectivity index (χ4n) is 2.54. The topological polar surface area (TPSA) is 62.5 Å². The smallest absolute Gasteiger partial charge is 0.272 e. The fraction of sp³-hybridized carbons (Fsp3) is 0.250. The predicted molar refractivity (Wildman–Crippen MR) is 83.2 cm³/mol. The van der Waals surface area contributed by atoms with Gasteiger partial charge in [-0.3, -0.25) is 4.79 Å². The zero-order valence-electron chi connectivity index (χ0n) is 11.8. The van der Waals surface area contributed by atoms with E-state index >= 15 is 0 Å². The number of pyridine rings is 1. The number of carbonyl (C=O) groups is 1. The lowest BCUT2D eigenvalue weighted by Crippen LogP contribution is -2.49. The van der Waals surface area contributed by atoms with E-state index in [-0.39, 0.29) is 5.91 Å². The van der Waals surface area contributed by atoms with E-state index in [1.165, 1.54) is 5.69 Å². The molecule has 5 nitrogen and oxygen atoms in total. The van der Waals surface area contributed by atoms with Gasteiger partial charge >= 0.3 is 0 Å². The van der Waals surface area contributed by atoms with E-state index in [9.17, 15) is 4.79 Å². The Labute approximate surface area is 124 Å². The molecular weight excluding hydrogens is 264 g/mol. The Balaban J connectivity index is 1.64. The summed E-state index contributed by atoms with van der Waals surface area (Å²) in [4.78, 5) is 20.6. The van der Waals surface area contributed by atoms with Crippen LogP contribution in [0.25, 0.3) is 0 Å². The largest absolute Gasteiger partial charge is 0.384 e. The molecule has 1 saturated heterocycles. The number of amides is 1. The van der Waals surface area contributed by atoms with Crippen molar-refractivity contribution in [3.63, 3.8) is 0 Å². The molecule has 3 rings (SSSR count). The summed E-state index contributed by atoms with van der Waals surface area (Å²) >= 11 is 0. The van der Waals surface area contributed by atoms with E-state index in [1.807, 2.05) is 23.1 Å². The monoisotopic (exact) mass is 282 g/mol. The van der Waals surface area contributed by atoms with Crippen LogP contribution in [0.15, 0.2) is 48.5 Å². The zero-order valence-corrected chi connectivity index (χ0v) is 11.8. The standard InChI is InChI=1S/C16H18N4O/c17-15-8-4-7-14(18-15)16(21)20-11-9-19(10-12-20)13-5-2-1-3-6-13/h1-8H,9-12H2,(H2,17,18). The van der Waals surface area contributed by atoms with Gasteiger partial charge in [0, 0.05) is 31.9 Å². The highest BCUT2D eigenvalue weighted by atomic mass is 16.2. The molecule has 21 heavy (non-hydrogen) atoms. The van der Waals surface area contributed by atoms with Crippen LogP contribution in [-0.4, -0.2) is 42.0 Å². The van der Waals surface area contributed by atoms with Crippen molar-refractivity contribution < 1.29 is 4.79 Å². The van der Waals surface area contributed by atoms with Crippen LogP contribution in [0, 0.1) is 0 Å². The highest BCUT2D eigenvalue weighted by Crippen LogP contribution is 2.16. The van der Waals surface area contributed by atoms with E-state index in [1.54, 1.807) is 18.2 Å². The van der Waals surface area contributed by atoms with Gasteiger partial charge in [0.05, 0.1) is 0 Å². The number of benzene rings is 1. The molecule has 0 aliphatic carbocycles. The van der Waals surface area contributed by atoms with Crippen LogP contribution in [0.2, 0.25) is 0 Å². The lowest BCUT2D eigenvalue weighted by atomic mass is 10.2. The average molecular weight is 282 g/mol. The van der Waals surface area contributed by atoms with Crippen LogP contribution in [-0.2, 0) is 0 Å². The first-order valence-electron chi connectivity index (χ1n) is 7.06. The van der Waals surface area contributed by atoms with Gasteiger partial charge in [-0.1, -0.05) is 24.3 Å². The molecule has 2 heterocycles. The quantitative estimate of drug-likeness (QED) is 0.909. The Kier molecular flexibility index (Phi) is 3.73. The fourth-order valence-corrected chi connectivity index (χ4v) is 2.54. The third kappa shape index (κ3) is 2.97.